The molecule has 0 aliphatic rings. The van der Waals surface area contributed by atoms with Gasteiger partial charge in [0.05, 0.1) is 6.54 Å². The van der Waals surface area contributed by atoms with E-state index in [0.29, 0.717) is 37.2 Å². The highest BCUT2D eigenvalue weighted by Crippen LogP contribution is 2.15. The molecule has 0 aliphatic carbocycles. The molecule has 130 valence electrons. The van der Waals surface area contributed by atoms with E-state index >= 15 is 0 Å². The third kappa shape index (κ3) is 6.69. The first kappa shape index (κ1) is 19.6. The van der Waals surface area contributed by atoms with Gasteiger partial charge in [-0.2, -0.15) is 0 Å². The molecule has 0 unspecified atom stereocenters. The van der Waals surface area contributed by atoms with Crippen LogP contribution < -0.4 is 5.32 Å². The van der Waals surface area contributed by atoms with Crippen LogP contribution in [0.4, 0.5) is 0 Å². The number of rotatable bonds is 8. The van der Waals surface area contributed by atoms with E-state index in [1.807, 2.05) is 32.6 Å². The maximum atomic E-state index is 12.3. The SMILES string of the molecule is CC(C)CNC(=O)c1csc(CN(CC(C)C)C(=O)C(C)C)n1. The lowest BCUT2D eigenvalue weighted by Crippen LogP contribution is -2.36. The van der Waals surface area contributed by atoms with E-state index in [2.05, 4.69) is 24.1 Å². The van der Waals surface area contributed by atoms with E-state index in [9.17, 15) is 9.59 Å². The zero-order valence-electron chi connectivity index (χ0n) is 15.0. The van der Waals surface area contributed by atoms with Crippen molar-refractivity contribution < 1.29 is 9.59 Å². The summed E-state index contributed by atoms with van der Waals surface area (Å²) in [5, 5.41) is 5.43. The summed E-state index contributed by atoms with van der Waals surface area (Å²) in [4.78, 5) is 30.6. The lowest BCUT2D eigenvalue weighted by Gasteiger charge is -2.25. The zero-order chi connectivity index (χ0) is 17.6. The zero-order valence-corrected chi connectivity index (χ0v) is 15.9. The number of hydrogen-bond donors (Lipinski definition) is 1. The van der Waals surface area contributed by atoms with Crippen LogP contribution in [0.25, 0.3) is 0 Å². The van der Waals surface area contributed by atoms with Gasteiger partial charge < -0.3 is 10.2 Å². The third-order valence-corrected chi connectivity index (χ3v) is 4.01. The standard InChI is InChI=1S/C17H29N3O2S/c1-11(2)7-18-16(21)14-10-23-15(19-14)9-20(8-12(3)4)17(22)13(5)6/h10-13H,7-9H2,1-6H3,(H,18,21). The molecule has 0 spiro atoms. The summed E-state index contributed by atoms with van der Waals surface area (Å²) in [6, 6.07) is 0. The van der Waals surface area contributed by atoms with Crippen LogP contribution in [0.2, 0.25) is 0 Å². The van der Waals surface area contributed by atoms with E-state index in [0.717, 1.165) is 5.01 Å². The Balaban J connectivity index is 2.74. The van der Waals surface area contributed by atoms with Crippen molar-refractivity contribution >= 4 is 23.2 Å². The fraction of sp³-hybridized carbons (Fsp3) is 0.706. The highest BCUT2D eigenvalue weighted by atomic mass is 32.1. The lowest BCUT2D eigenvalue weighted by molar-refractivity contribution is -0.135. The molecule has 0 radical (unpaired) electrons. The molecule has 5 nitrogen and oxygen atoms in total. The predicted molar refractivity (Wildman–Crippen MR) is 94.4 cm³/mol. The first-order valence-electron chi connectivity index (χ1n) is 8.22. The van der Waals surface area contributed by atoms with E-state index in [4.69, 9.17) is 0 Å². The van der Waals surface area contributed by atoms with Crippen molar-refractivity contribution in [1.29, 1.82) is 0 Å². The highest BCUT2D eigenvalue weighted by molar-refractivity contribution is 7.09. The smallest absolute Gasteiger partial charge is 0.270 e. The molecule has 1 heterocycles. The van der Waals surface area contributed by atoms with Gasteiger partial charge in [-0.05, 0) is 11.8 Å². The Labute approximate surface area is 143 Å². The molecule has 0 bridgehead atoms. The summed E-state index contributed by atoms with van der Waals surface area (Å²) in [6.07, 6.45) is 0. The number of carbonyl (C=O) groups excluding carboxylic acids is 2. The minimum atomic E-state index is -0.146. The van der Waals surface area contributed by atoms with Crippen LogP contribution in [0.15, 0.2) is 5.38 Å². The molecular weight excluding hydrogens is 310 g/mol. The molecule has 0 saturated carbocycles. The average molecular weight is 340 g/mol. The third-order valence-electron chi connectivity index (χ3n) is 3.17. The van der Waals surface area contributed by atoms with Crippen LogP contribution in [0.1, 0.15) is 57.0 Å². The Morgan fingerprint density at radius 2 is 1.83 bits per heavy atom. The number of carbonyl (C=O) groups is 2. The minimum Gasteiger partial charge on any atom is -0.350 e. The predicted octanol–water partition coefficient (Wildman–Crippen LogP) is 3.17. The van der Waals surface area contributed by atoms with Crippen molar-refractivity contribution in [3.8, 4) is 0 Å². The molecule has 1 aromatic rings. The summed E-state index contributed by atoms with van der Waals surface area (Å²) < 4.78 is 0. The Kier molecular flexibility index (Phi) is 7.68. The fourth-order valence-corrected chi connectivity index (χ4v) is 2.87. The quantitative estimate of drug-likeness (QED) is 0.791. The van der Waals surface area contributed by atoms with Gasteiger partial charge in [-0.1, -0.05) is 41.5 Å². The van der Waals surface area contributed by atoms with Crippen LogP contribution >= 0.6 is 11.3 Å². The van der Waals surface area contributed by atoms with Crippen molar-refractivity contribution in [2.24, 2.45) is 17.8 Å². The number of aromatic nitrogens is 1. The molecule has 0 aliphatic heterocycles. The van der Waals surface area contributed by atoms with Gasteiger partial charge in [0.2, 0.25) is 5.91 Å². The number of nitrogens with zero attached hydrogens (tertiary/aromatic N) is 2. The Morgan fingerprint density at radius 3 is 2.35 bits per heavy atom. The summed E-state index contributed by atoms with van der Waals surface area (Å²) in [5.74, 6) is 0.739. The normalized spacial score (nSPS) is 11.3. The second kappa shape index (κ2) is 9.01. The topological polar surface area (TPSA) is 62.3 Å². The monoisotopic (exact) mass is 339 g/mol. The summed E-state index contributed by atoms with van der Waals surface area (Å²) in [6.45, 7) is 13.9. The van der Waals surface area contributed by atoms with Crippen molar-refractivity contribution in [3.05, 3.63) is 16.1 Å². The van der Waals surface area contributed by atoms with Crippen LogP contribution in [0.5, 0.6) is 0 Å². The molecule has 0 saturated heterocycles. The summed E-state index contributed by atoms with van der Waals surface area (Å²) in [5.41, 5.74) is 0.437. The van der Waals surface area contributed by atoms with Crippen molar-refractivity contribution in [2.45, 2.75) is 48.1 Å². The van der Waals surface area contributed by atoms with Crippen LogP contribution in [-0.2, 0) is 11.3 Å². The van der Waals surface area contributed by atoms with Crippen molar-refractivity contribution in [3.63, 3.8) is 0 Å². The van der Waals surface area contributed by atoms with E-state index in [1.54, 1.807) is 5.38 Å². The van der Waals surface area contributed by atoms with E-state index in [-0.39, 0.29) is 17.7 Å². The molecule has 2 amide bonds. The minimum absolute atomic E-state index is 0.0393. The van der Waals surface area contributed by atoms with Gasteiger partial charge in [0.15, 0.2) is 0 Å². The number of nitrogens with one attached hydrogen (secondary N) is 1. The van der Waals surface area contributed by atoms with Gasteiger partial charge in [0.25, 0.3) is 5.91 Å². The van der Waals surface area contributed by atoms with E-state index < -0.39 is 0 Å². The molecule has 23 heavy (non-hydrogen) atoms. The van der Waals surface area contributed by atoms with Gasteiger partial charge in [0, 0.05) is 24.4 Å². The van der Waals surface area contributed by atoms with Gasteiger partial charge >= 0.3 is 0 Å². The van der Waals surface area contributed by atoms with Gasteiger partial charge in [-0.25, -0.2) is 4.98 Å². The molecule has 0 atom stereocenters. The molecule has 1 rings (SSSR count). The lowest BCUT2D eigenvalue weighted by atomic mass is 10.1. The van der Waals surface area contributed by atoms with Gasteiger partial charge in [0.1, 0.15) is 10.7 Å². The molecule has 6 heteroatoms. The first-order chi connectivity index (χ1) is 10.7. The van der Waals surface area contributed by atoms with E-state index in [1.165, 1.54) is 11.3 Å². The molecular formula is C17H29N3O2S. The van der Waals surface area contributed by atoms with Crippen molar-refractivity contribution in [2.75, 3.05) is 13.1 Å². The largest absolute Gasteiger partial charge is 0.350 e. The second-order valence-corrected chi connectivity index (χ2v) is 7.94. The molecule has 1 aromatic heterocycles. The van der Waals surface area contributed by atoms with Gasteiger partial charge in [-0.15, -0.1) is 11.3 Å². The number of hydrogen-bond acceptors (Lipinski definition) is 4. The van der Waals surface area contributed by atoms with Crippen LogP contribution in [-0.4, -0.2) is 34.8 Å². The molecule has 1 N–H and O–H groups in total. The molecule has 0 aromatic carbocycles. The summed E-state index contributed by atoms with van der Waals surface area (Å²) >= 11 is 1.43. The Bertz CT molecular complexity index is 524. The second-order valence-electron chi connectivity index (χ2n) is 7.00. The maximum absolute atomic E-state index is 12.3. The Hall–Kier alpha value is -1.43. The fourth-order valence-electron chi connectivity index (χ4n) is 2.08. The number of amides is 2. The first-order valence-corrected chi connectivity index (χ1v) is 9.10. The van der Waals surface area contributed by atoms with Crippen LogP contribution in [0, 0.1) is 17.8 Å². The Morgan fingerprint density at radius 1 is 1.17 bits per heavy atom. The summed E-state index contributed by atoms with van der Waals surface area (Å²) in [7, 11) is 0. The highest BCUT2D eigenvalue weighted by Gasteiger charge is 2.20. The maximum Gasteiger partial charge on any atom is 0.270 e. The average Bonchev–Trinajstić information content (AvgIpc) is 2.91. The molecule has 0 fully saturated rings. The van der Waals surface area contributed by atoms with Crippen molar-refractivity contribution in [1.82, 2.24) is 15.2 Å². The van der Waals surface area contributed by atoms with Crippen LogP contribution in [0.3, 0.4) is 0 Å². The van der Waals surface area contributed by atoms with Gasteiger partial charge in [-0.3, -0.25) is 9.59 Å². The number of thiazole rings is 1.